The smallest absolute Gasteiger partial charge is 0.227 e. The lowest BCUT2D eigenvalue weighted by atomic mass is 9.88. The summed E-state index contributed by atoms with van der Waals surface area (Å²) in [6.07, 6.45) is 5.87. The summed E-state index contributed by atoms with van der Waals surface area (Å²) in [5, 5.41) is 0.742. The molecule has 5 rings (SSSR count). The fraction of sp³-hybridized carbons (Fsp3) is 0.259. The maximum Gasteiger partial charge on any atom is 0.227 e. The zero-order valence-electron chi connectivity index (χ0n) is 18.1. The molecule has 1 fully saturated rings. The Morgan fingerprint density at radius 3 is 2.45 bits per heavy atom. The average molecular weight is 587 g/mol. The Kier molecular flexibility index (Phi) is 6.73. The van der Waals surface area contributed by atoms with Gasteiger partial charge in [0.1, 0.15) is 0 Å². The lowest BCUT2D eigenvalue weighted by Gasteiger charge is -2.31. The predicted octanol–water partition coefficient (Wildman–Crippen LogP) is 7.03. The molecule has 1 saturated heterocycles. The molecule has 33 heavy (non-hydrogen) atoms. The Hall–Kier alpha value is -1.95. The van der Waals surface area contributed by atoms with Crippen LogP contribution in [0.2, 0.25) is 5.02 Å². The van der Waals surface area contributed by atoms with E-state index < -0.39 is 0 Å². The van der Waals surface area contributed by atoms with E-state index in [-0.39, 0.29) is 5.91 Å². The first kappa shape index (κ1) is 22.8. The predicted molar refractivity (Wildman–Crippen MR) is 140 cm³/mol. The number of halogens is 3. The molecule has 0 spiro atoms. The quantitative estimate of drug-likeness (QED) is 0.323. The fourth-order valence-electron chi connectivity index (χ4n) is 4.89. The number of hydrogen-bond donors (Lipinski definition) is 0. The molecule has 1 amide bonds. The molecule has 2 heterocycles. The van der Waals surface area contributed by atoms with Crippen LogP contribution in [0.1, 0.15) is 40.8 Å². The lowest BCUT2D eigenvalue weighted by Crippen LogP contribution is -2.37. The Morgan fingerprint density at radius 2 is 1.70 bits per heavy atom. The molecule has 0 N–H and O–H groups in total. The molecule has 3 nitrogen and oxygen atoms in total. The summed E-state index contributed by atoms with van der Waals surface area (Å²) in [4.78, 5) is 19.8. The van der Waals surface area contributed by atoms with Gasteiger partial charge in [-0.15, -0.1) is 0 Å². The van der Waals surface area contributed by atoms with E-state index in [1.54, 1.807) is 0 Å². The van der Waals surface area contributed by atoms with E-state index in [2.05, 4.69) is 44.0 Å². The summed E-state index contributed by atoms with van der Waals surface area (Å²) in [7, 11) is 0. The molecule has 3 aromatic rings. The summed E-state index contributed by atoms with van der Waals surface area (Å²) >= 11 is 13.8. The van der Waals surface area contributed by atoms with Gasteiger partial charge in [0.2, 0.25) is 5.91 Å². The fourth-order valence-corrected chi connectivity index (χ4v) is 6.34. The van der Waals surface area contributed by atoms with Crippen LogP contribution in [0, 0.1) is 0 Å². The van der Waals surface area contributed by atoms with Gasteiger partial charge < -0.3 is 4.90 Å². The molecule has 1 aliphatic heterocycles. The zero-order valence-corrected chi connectivity index (χ0v) is 22.0. The molecule has 1 aliphatic carbocycles. The lowest BCUT2D eigenvalue weighted by molar-refractivity contribution is -0.130. The molecular formula is C27H23Br2ClN2O. The second kappa shape index (κ2) is 9.73. The van der Waals surface area contributed by atoms with E-state index in [0.717, 1.165) is 64.0 Å². The average Bonchev–Trinajstić information content (AvgIpc) is 2.96. The SMILES string of the molecule is O=C(Cc1ccccc1)N1CCC(=C2c3ncc(Br)cc3CCc3cc(Cl)cc(Br)c32)CC1. The Labute approximate surface area is 216 Å². The second-order valence-corrected chi connectivity index (χ2v) is 10.8. The molecule has 6 heteroatoms. The van der Waals surface area contributed by atoms with Gasteiger partial charge in [0.05, 0.1) is 12.1 Å². The van der Waals surface area contributed by atoms with Crippen molar-refractivity contribution >= 4 is 54.9 Å². The number of pyridine rings is 1. The highest BCUT2D eigenvalue weighted by Gasteiger charge is 2.28. The van der Waals surface area contributed by atoms with Crippen molar-refractivity contribution in [2.24, 2.45) is 0 Å². The Balaban J connectivity index is 1.49. The van der Waals surface area contributed by atoms with Crippen LogP contribution in [0.4, 0.5) is 0 Å². The van der Waals surface area contributed by atoms with Crippen LogP contribution in [-0.2, 0) is 24.1 Å². The third kappa shape index (κ3) is 4.82. The van der Waals surface area contributed by atoms with E-state index >= 15 is 0 Å². The third-order valence-corrected chi connectivity index (χ3v) is 7.77. The van der Waals surface area contributed by atoms with E-state index in [0.29, 0.717) is 6.42 Å². The van der Waals surface area contributed by atoms with Crippen LogP contribution < -0.4 is 0 Å². The number of carbonyl (C=O) groups excluding carboxylic acids is 1. The summed E-state index contributed by atoms with van der Waals surface area (Å²) in [5.41, 5.74) is 8.38. The summed E-state index contributed by atoms with van der Waals surface area (Å²) in [6.45, 7) is 1.47. The van der Waals surface area contributed by atoms with Crippen molar-refractivity contribution in [3.63, 3.8) is 0 Å². The molecule has 2 aromatic carbocycles. The van der Waals surface area contributed by atoms with Crippen molar-refractivity contribution in [3.8, 4) is 0 Å². The maximum absolute atomic E-state index is 12.9. The molecular weight excluding hydrogens is 564 g/mol. The molecule has 168 valence electrons. The minimum Gasteiger partial charge on any atom is -0.342 e. The number of piperidine rings is 1. The van der Waals surface area contributed by atoms with Gasteiger partial charge in [-0.1, -0.05) is 63.4 Å². The Bertz CT molecular complexity index is 1250. The van der Waals surface area contributed by atoms with E-state index in [1.807, 2.05) is 47.5 Å². The van der Waals surface area contributed by atoms with Crippen molar-refractivity contribution in [3.05, 3.63) is 102 Å². The first-order chi connectivity index (χ1) is 16.0. The van der Waals surface area contributed by atoms with E-state index in [9.17, 15) is 4.79 Å². The number of carbonyl (C=O) groups is 1. The topological polar surface area (TPSA) is 33.2 Å². The first-order valence-corrected chi connectivity index (χ1v) is 13.1. The molecule has 0 radical (unpaired) electrons. The van der Waals surface area contributed by atoms with Crippen molar-refractivity contribution in [2.75, 3.05) is 13.1 Å². The highest BCUT2D eigenvalue weighted by Crippen LogP contribution is 2.42. The van der Waals surface area contributed by atoms with Crippen molar-refractivity contribution in [1.82, 2.24) is 9.88 Å². The highest BCUT2D eigenvalue weighted by molar-refractivity contribution is 9.10. The molecule has 0 saturated carbocycles. The van der Waals surface area contributed by atoms with Gasteiger partial charge in [0.25, 0.3) is 0 Å². The summed E-state index contributed by atoms with van der Waals surface area (Å²) in [6, 6.07) is 16.2. The Morgan fingerprint density at radius 1 is 0.970 bits per heavy atom. The van der Waals surface area contributed by atoms with Crippen LogP contribution in [0.25, 0.3) is 5.57 Å². The van der Waals surface area contributed by atoms with Crippen LogP contribution in [0.15, 0.2) is 69.2 Å². The highest BCUT2D eigenvalue weighted by atomic mass is 79.9. The van der Waals surface area contributed by atoms with Gasteiger partial charge in [-0.05, 0) is 76.5 Å². The zero-order chi connectivity index (χ0) is 22.9. The van der Waals surface area contributed by atoms with Gasteiger partial charge in [-0.3, -0.25) is 9.78 Å². The largest absolute Gasteiger partial charge is 0.342 e. The van der Waals surface area contributed by atoms with Gasteiger partial charge in [-0.25, -0.2) is 0 Å². The number of hydrogen-bond acceptors (Lipinski definition) is 2. The molecule has 2 aliphatic rings. The van der Waals surface area contributed by atoms with Crippen LogP contribution >= 0.6 is 43.5 Å². The summed E-state index contributed by atoms with van der Waals surface area (Å²) < 4.78 is 2.00. The number of amides is 1. The molecule has 0 atom stereocenters. The number of aromatic nitrogens is 1. The van der Waals surface area contributed by atoms with Gasteiger partial charge in [-0.2, -0.15) is 0 Å². The van der Waals surface area contributed by atoms with Crippen molar-refractivity contribution in [1.29, 1.82) is 0 Å². The molecule has 0 bridgehead atoms. The second-order valence-electron chi connectivity index (χ2n) is 8.60. The van der Waals surface area contributed by atoms with Crippen LogP contribution in [0.5, 0.6) is 0 Å². The minimum absolute atomic E-state index is 0.196. The van der Waals surface area contributed by atoms with Gasteiger partial charge >= 0.3 is 0 Å². The van der Waals surface area contributed by atoms with E-state index in [1.165, 1.54) is 27.8 Å². The number of nitrogens with zero attached hydrogens (tertiary/aromatic N) is 2. The van der Waals surface area contributed by atoms with Gasteiger partial charge in [0, 0.05) is 44.4 Å². The standard InChI is InChI=1S/C27H23Br2ClN2O/c28-21-13-20-7-6-19-14-22(30)15-23(29)25(19)26(27(20)31-16-21)18-8-10-32(11-9-18)24(33)12-17-4-2-1-3-5-17/h1-5,13-16H,6-12H2. The number of aryl methyl sites for hydroxylation is 2. The maximum atomic E-state index is 12.9. The van der Waals surface area contributed by atoms with Crippen molar-refractivity contribution < 1.29 is 4.79 Å². The van der Waals surface area contributed by atoms with E-state index in [4.69, 9.17) is 16.6 Å². The molecule has 1 aromatic heterocycles. The molecule has 0 unspecified atom stereocenters. The van der Waals surface area contributed by atoms with Crippen LogP contribution in [-0.4, -0.2) is 28.9 Å². The van der Waals surface area contributed by atoms with Crippen molar-refractivity contribution in [2.45, 2.75) is 32.1 Å². The normalized spacial score (nSPS) is 15.7. The number of fused-ring (bicyclic) bond motifs is 2. The van der Waals surface area contributed by atoms with Gasteiger partial charge in [0.15, 0.2) is 0 Å². The monoisotopic (exact) mass is 584 g/mol. The summed E-state index contributed by atoms with van der Waals surface area (Å²) in [5.74, 6) is 0.196. The third-order valence-electron chi connectivity index (χ3n) is 6.49. The first-order valence-electron chi connectivity index (χ1n) is 11.2. The number of rotatable bonds is 2. The number of likely N-dealkylation sites (tertiary alicyclic amines) is 1. The minimum atomic E-state index is 0.196. The van der Waals surface area contributed by atoms with Crippen LogP contribution in [0.3, 0.4) is 0 Å². The number of benzene rings is 2.